The fourth-order valence-corrected chi connectivity index (χ4v) is 2.33. The molecule has 0 N–H and O–H groups in total. The van der Waals surface area contributed by atoms with Gasteiger partial charge in [-0.05, 0) is 39.2 Å². The molecule has 1 heterocycles. The summed E-state index contributed by atoms with van der Waals surface area (Å²) >= 11 is 0. The summed E-state index contributed by atoms with van der Waals surface area (Å²) in [5.41, 5.74) is 2.81. The first-order valence-electron chi connectivity index (χ1n) is 7.36. The highest BCUT2D eigenvalue weighted by Gasteiger charge is 2.24. The fraction of sp³-hybridized carbons (Fsp3) is 0.471. The van der Waals surface area contributed by atoms with Crippen LogP contribution in [-0.4, -0.2) is 37.5 Å². The van der Waals surface area contributed by atoms with Crippen molar-refractivity contribution >= 4 is 25.5 Å². The lowest BCUT2D eigenvalue weighted by Gasteiger charge is -2.31. The zero-order valence-electron chi connectivity index (χ0n) is 13.1. The molecule has 4 heteroatoms. The van der Waals surface area contributed by atoms with Gasteiger partial charge in [0.15, 0.2) is 0 Å². The molecule has 0 unspecified atom stereocenters. The Bertz CT molecular complexity index is 536. The Hall–Kier alpha value is -1.71. The van der Waals surface area contributed by atoms with Crippen molar-refractivity contribution in [2.75, 3.05) is 13.1 Å². The number of benzene rings is 1. The van der Waals surface area contributed by atoms with Gasteiger partial charge in [-0.2, -0.15) is 0 Å². The maximum Gasteiger partial charge on any atom is 0.410 e. The van der Waals surface area contributed by atoms with Crippen molar-refractivity contribution in [1.82, 2.24) is 4.90 Å². The predicted molar refractivity (Wildman–Crippen MR) is 86.8 cm³/mol. The Labute approximate surface area is 128 Å². The number of rotatable bonds is 1. The Morgan fingerprint density at radius 2 is 1.95 bits per heavy atom. The van der Waals surface area contributed by atoms with Crippen LogP contribution in [0.25, 0.3) is 6.08 Å². The molecule has 0 bridgehead atoms. The maximum atomic E-state index is 12.0. The highest BCUT2D eigenvalue weighted by atomic mass is 16.6. The maximum absolute atomic E-state index is 12.0. The molecule has 2 radical (unpaired) electrons. The minimum atomic E-state index is -0.436. The van der Waals surface area contributed by atoms with Crippen LogP contribution in [0.4, 0.5) is 4.79 Å². The van der Waals surface area contributed by atoms with Gasteiger partial charge in [-0.3, -0.25) is 0 Å². The molecule has 1 aliphatic heterocycles. The standard InChI is InChI=1S/C17H22BNO2/c1-17(2,3)21-16(20)19-9-7-13(8-10-19)11-14-5-4-6-15(18)12-14/h4-6,11-12H,7-10H2,1-3H3. The molecule has 0 atom stereocenters. The van der Waals surface area contributed by atoms with E-state index >= 15 is 0 Å². The number of nitrogens with zero attached hydrogens (tertiary/aromatic N) is 1. The van der Waals surface area contributed by atoms with Gasteiger partial charge < -0.3 is 9.64 Å². The molecular formula is C17H22BNO2. The summed E-state index contributed by atoms with van der Waals surface area (Å²) in [6.07, 6.45) is 3.72. The first-order valence-corrected chi connectivity index (χ1v) is 7.36. The van der Waals surface area contributed by atoms with Gasteiger partial charge in [0.25, 0.3) is 0 Å². The molecule has 1 amide bonds. The van der Waals surface area contributed by atoms with Gasteiger partial charge in [0.1, 0.15) is 13.4 Å². The van der Waals surface area contributed by atoms with Gasteiger partial charge in [-0.1, -0.05) is 41.4 Å². The Morgan fingerprint density at radius 1 is 1.29 bits per heavy atom. The summed E-state index contributed by atoms with van der Waals surface area (Å²) in [6, 6.07) is 7.85. The van der Waals surface area contributed by atoms with Crippen molar-refractivity contribution in [1.29, 1.82) is 0 Å². The van der Waals surface area contributed by atoms with Gasteiger partial charge in [0.2, 0.25) is 0 Å². The second-order valence-electron chi connectivity index (χ2n) is 6.44. The van der Waals surface area contributed by atoms with E-state index in [1.54, 1.807) is 4.90 Å². The number of carbonyl (C=O) groups excluding carboxylic acids is 1. The largest absolute Gasteiger partial charge is 0.444 e. The van der Waals surface area contributed by atoms with Crippen LogP contribution in [0.3, 0.4) is 0 Å². The van der Waals surface area contributed by atoms with Crippen LogP contribution in [0, 0.1) is 0 Å². The summed E-state index contributed by atoms with van der Waals surface area (Å²) in [4.78, 5) is 13.8. The van der Waals surface area contributed by atoms with E-state index in [9.17, 15) is 4.79 Å². The molecule has 1 aromatic rings. The molecular weight excluding hydrogens is 261 g/mol. The monoisotopic (exact) mass is 283 g/mol. The summed E-state index contributed by atoms with van der Waals surface area (Å²) in [7, 11) is 5.79. The summed E-state index contributed by atoms with van der Waals surface area (Å²) < 4.78 is 5.40. The van der Waals surface area contributed by atoms with E-state index in [0.717, 1.165) is 23.9 Å². The third-order valence-corrected chi connectivity index (χ3v) is 3.34. The number of ether oxygens (including phenoxy) is 1. The zero-order valence-corrected chi connectivity index (χ0v) is 13.1. The van der Waals surface area contributed by atoms with E-state index in [-0.39, 0.29) is 6.09 Å². The van der Waals surface area contributed by atoms with E-state index in [1.165, 1.54) is 5.57 Å². The quantitative estimate of drug-likeness (QED) is 0.742. The van der Waals surface area contributed by atoms with Gasteiger partial charge in [0, 0.05) is 13.1 Å². The van der Waals surface area contributed by atoms with Crippen molar-refractivity contribution in [3.63, 3.8) is 0 Å². The number of piperidine rings is 1. The Kier molecular flexibility index (Phi) is 4.76. The Morgan fingerprint density at radius 3 is 2.52 bits per heavy atom. The van der Waals surface area contributed by atoms with Crippen LogP contribution in [0.15, 0.2) is 29.8 Å². The molecule has 1 saturated heterocycles. The fourth-order valence-electron chi connectivity index (χ4n) is 2.33. The topological polar surface area (TPSA) is 29.5 Å². The molecule has 0 saturated carbocycles. The minimum Gasteiger partial charge on any atom is -0.444 e. The predicted octanol–water partition coefficient (Wildman–Crippen LogP) is 2.89. The van der Waals surface area contributed by atoms with Crippen LogP contribution in [0.5, 0.6) is 0 Å². The van der Waals surface area contributed by atoms with Crippen LogP contribution in [0.1, 0.15) is 39.2 Å². The smallest absolute Gasteiger partial charge is 0.410 e. The minimum absolute atomic E-state index is 0.217. The normalized spacial score (nSPS) is 15.8. The van der Waals surface area contributed by atoms with E-state index in [2.05, 4.69) is 6.08 Å². The SMILES string of the molecule is [B]c1cccc(C=C2CCN(C(=O)OC(C)(C)C)CC2)c1. The third-order valence-electron chi connectivity index (χ3n) is 3.34. The van der Waals surface area contributed by atoms with E-state index in [0.29, 0.717) is 13.1 Å². The van der Waals surface area contributed by atoms with Gasteiger partial charge in [-0.15, -0.1) is 0 Å². The molecule has 0 aliphatic carbocycles. The second kappa shape index (κ2) is 6.38. The lowest BCUT2D eigenvalue weighted by atomic mass is 9.93. The molecule has 110 valence electrons. The number of carbonyl (C=O) groups is 1. The van der Waals surface area contributed by atoms with Gasteiger partial charge in [-0.25, -0.2) is 4.79 Å². The highest BCUT2D eigenvalue weighted by molar-refractivity contribution is 6.32. The highest BCUT2D eigenvalue weighted by Crippen LogP contribution is 2.21. The van der Waals surface area contributed by atoms with Crippen LogP contribution in [-0.2, 0) is 4.74 Å². The van der Waals surface area contributed by atoms with Crippen molar-refractivity contribution in [2.24, 2.45) is 0 Å². The van der Waals surface area contributed by atoms with Crippen molar-refractivity contribution in [3.05, 3.63) is 35.4 Å². The first kappa shape index (κ1) is 15.7. The van der Waals surface area contributed by atoms with Crippen LogP contribution < -0.4 is 5.46 Å². The molecule has 0 aromatic heterocycles. The van der Waals surface area contributed by atoms with Crippen molar-refractivity contribution < 1.29 is 9.53 Å². The summed E-state index contributed by atoms with van der Waals surface area (Å²) in [5.74, 6) is 0. The van der Waals surface area contributed by atoms with E-state index in [4.69, 9.17) is 12.6 Å². The van der Waals surface area contributed by atoms with E-state index < -0.39 is 5.60 Å². The average Bonchev–Trinajstić information content (AvgIpc) is 2.37. The molecule has 3 nitrogen and oxygen atoms in total. The molecule has 2 rings (SSSR count). The molecule has 0 spiro atoms. The number of hydrogen-bond acceptors (Lipinski definition) is 2. The summed E-state index contributed by atoms with van der Waals surface area (Å²) in [6.45, 7) is 7.09. The average molecular weight is 283 g/mol. The van der Waals surface area contributed by atoms with Gasteiger partial charge in [0.05, 0.1) is 0 Å². The van der Waals surface area contributed by atoms with Crippen molar-refractivity contribution in [2.45, 2.75) is 39.2 Å². The molecule has 1 aromatic carbocycles. The number of likely N-dealkylation sites (tertiary alicyclic amines) is 1. The molecule has 1 aliphatic rings. The number of hydrogen-bond donors (Lipinski definition) is 0. The van der Waals surface area contributed by atoms with Crippen molar-refractivity contribution in [3.8, 4) is 0 Å². The van der Waals surface area contributed by atoms with Gasteiger partial charge >= 0.3 is 6.09 Å². The summed E-state index contributed by atoms with van der Waals surface area (Å²) in [5, 5.41) is 0. The number of amides is 1. The third kappa shape index (κ3) is 4.96. The lowest BCUT2D eigenvalue weighted by molar-refractivity contribution is 0.0237. The zero-order chi connectivity index (χ0) is 15.5. The van der Waals surface area contributed by atoms with Crippen LogP contribution >= 0.6 is 0 Å². The molecule has 21 heavy (non-hydrogen) atoms. The Balaban J connectivity index is 1.93. The first-order chi connectivity index (χ1) is 9.83. The van der Waals surface area contributed by atoms with E-state index in [1.807, 2.05) is 45.0 Å². The lowest BCUT2D eigenvalue weighted by Crippen LogP contribution is -2.40. The molecule has 1 fully saturated rings. The van der Waals surface area contributed by atoms with Crippen LogP contribution in [0.2, 0.25) is 0 Å². The second-order valence-corrected chi connectivity index (χ2v) is 6.44.